The minimum absolute atomic E-state index is 0.608. The van der Waals surface area contributed by atoms with Gasteiger partial charge in [-0.15, -0.1) is 11.8 Å². The van der Waals surface area contributed by atoms with Crippen molar-refractivity contribution < 1.29 is 9.47 Å². The fourth-order valence-electron chi connectivity index (χ4n) is 3.31. The number of imidazole rings is 1. The summed E-state index contributed by atoms with van der Waals surface area (Å²) in [6.45, 7) is 1.45. The van der Waals surface area contributed by atoms with Crippen LogP contribution in [0.15, 0.2) is 77.7 Å². The average Bonchev–Trinajstić information content (AvgIpc) is 3.14. The van der Waals surface area contributed by atoms with Gasteiger partial charge in [-0.05, 0) is 55.0 Å². The van der Waals surface area contributed by atoms with Crippen molar-refractivity contribution in [2.24, 2.45) is 0 Å². The Balaban J connectivity index is 1.44. The van der Waals surface area contributed by atoms with Gasteiger partial charge in [-0.3, -0.25) is 0 Å². The van der Waals surface area contributed by atoms with Gasteiger partial charge < -0.3 is 14.0 Å². The van der Waals surface area contributed by atoms with E-state index in [0.717, 1.165) is 52.1 Å². The van der Waals surface area contributed by atoms with E-state index in [2.05, 4.69) is 22.8 Å². The van der Waals surface area contributed by atoms with Crippen LogP contribution in [0.1, 0.15) is 12.2 Å². The molecule has 0 aliphatic carbocycles. The highest BCUT2D eigenvalue weighted by molar-refractivity contribution is 7.98. The first-order valence-electron chi connectivity index (χ1n) is 9.83. The number of fused-ring (bicyclic) bond motifs is 1. The molecule has 0 unspecified atom stereocenters. The monoisotopic (exact) mass is 438 g/mol. The lowest BCUT2D eigenvalue weighted by Crippen LogP contribution is -2.08. The molecule has 1 heterocycles. The highest BCUT2D eigenvalue weighted by Crippen LogP contribution is 2.27. The molecule has 0 atom stereocenters. The first-order valence-corrected chi connectivity index (χ1v) is 11.2. The van der Waals surface area contributed by atoms with Crippen LogP contribution < -0.4 is 9.47 Å². The van der Waals surface area contributed by atoms with E-state index >= 15 is 0 Å². The predicted molar refractivity (Wildman–Crippen MR) is 124 cm³/mol. The maximum Gasteiger partial charge on any atom is 0.161 e. The summed E-state index contributed by atoms with van der Waals surface area (Å²) in [4.78, 5) is 6.04. The van der Waals surface area contributed by atoms with Crippen molar-refractivity contribution in [1.29, 1.82) is 0 Å². The van der Waals surface area contributed by atoms with Crippen LogP contribution in [-0.4, -0.2) is 23.3 Å². The summed E-state index contributed by atoms with van der Waals surface area (Å²) in [7, 11) is 1.66. The molecule has 0 fully saturated rings. The Bertz CT molecular complexity index is 1110. The lowest BCUT2D eigenvalue weighted by Gasteiger charge is -2.12. The molecule has 0 aliphatic heterocycles. The van der Waals surface area contributed by atoms with Crippen LogP contribution in [0.3, 0.4) is 0 Å². The molecule has 0 spiro atoms. The second kappa shape index (κ2) is 9.92. The number of hydrogen-bond donors (Lipinski definition) is 0. The highest BCUT2D eigenvalue weighted by Gasteiger charge is 2.11. The Labute approximate surface area is 185 Å². The van der Waals surface area contributed by atoms with Crippen molar-refractivity contribution in [3.63, 3.8) is 0 Å². The number of ether oxygens (including phenoxy) is 2. The fourth-order valence-corrected chi connectivity index (χ4v) is 4.28. The minimum Gasteiger partial charge on any atom is -0.493 e. The average molecular weight is 439 g/mol. The van der Waals surface area contributed by atoms with E-state index in [-0.39, 0.29) is 0 Å². The molecule has 0 saturated heterocycles. The summed E-state index contributed by atoms with van der Waals surface area (Å²) < 4.78 is 13.6. The number of aryl methyl sites for hydroxylation is 1. The Morgan fingerprint density at radius 3 is 2.47 bits per heavy atom. The Morgan fingerprint density at radius 1 is 0.933 bits per heavy atom. The van der Waals surface area contributed by atoms with Gasteiger partial charge in [0.25, 0.3) is 0 Å². The summed E-state index contributed by atoms with van der Waals surface area (Å²) in [5.74, 6) is 3.39. The van der Waals surface area contributed by atoms with Crippen LogP contribution in [0.25, 0.3) is 11.0 Å². The predicted octanol–water partition coefficient (Wildman–Crippen LogP) is 6.46. The number of methoxy groups -OCH3 is 1. The van der Waals surface area contributed by atoms with Crippen molar-refractivity contribution in [3.8, 4) is 11.5 Å². The third-order valence-electron chi connectivity index (χ3n) is 4.77. The van der Waals surface area contributed by atoms with Gasteiger partial charge in [0.2, 0.25) is 0 Å². The molecular formula is C24H23ClN2O2S. The van der Waals surface area contributed by atoms with Crippen molar-refractivity contribution in [1.82, 2.24) is 9.55 Å². The fraction of sp³-hybridized carbons (Fsp3) is 0.208. The standard InChI is InChI=1S/C24H23ClN2O2S/c1-28-22-9-4-5-10-23(22)29-16-6-15-27-21-8-3-2-7-20(21)26-24(27)17-30-19-13-11-18(25)12-14-19/h2-5,7-14H,6,15-17H2,1H3. The molecule has 0 N–H and O–H groups in total. The number of benzene rings is 3. The van der Waals surface area contributed by atoms with Crippen LogP contribution >= 0.6 is 23.4 Å². The SMILES string of the molecule is COc1ccccc1OCCCn1c(CSc2ccc(Cl)cc2)nc2ccccc21. The number of thioether (sulfide) groups is 1. The maximum atomic E-state index is 6.00. The molecule has 6 heteroatoms. The Hall–Kier alpha value is -2.63. The number of para-hydroxylation sites is 4. The molecule has 3 aromatic carbocycles. The van der Waals surface area contributed by atoms with Gasteiger partial charge in [-0.1, -0.05) is 35.9 Å². The van der Waals surface area contributed by atoms with E-state index in [1.54, 1.807) is 18.9 Å². The molecule has 154 valence electrons. The van der Waals surface area contributed by atoms with Gasteiger partial charge in [0.15, 0.2) is 11.5 Å². The van der Waals surface area contributed by atoms with Crippen LogP contribution in [0.2, 0.25) is 5.02 Å². The smallest absolute Gasteiger partial charge is 0.161 e. The summed E-state index contributed by atoms with van der Waals surface area (Å²) in [5, 5.41) is 0.752. The Morgan fingerprint density at radius 2 is 1.67 bits per heavy atom. The molecule has 0 radical (unpaired) electrons. The number of halogens is 1. The molecule has 0 saturated carbocycles. The quantitative estimate of drug-likeness (QED) is 0.222. The molecule has 4 rings (SSSR count). The van der Waals surface area contributed by atoms with Crippen LogP contribution in [0, 0.1) is 0 Å². The van der Waals surface area contributed by atoms with Gasteiger partial charge in [-0.25, -0.2) is 4.98 Å². The van der Waals surface area contributed by atoms with E-state index < -0.39 is 0 Å². The summed E-state index contributed by atoms with van der Waals surface area (Å²) in [6, 6.07) is 23.9. The zero-order valence-corrected chi connectivity index (χ0v) is 18.3. The highest BCUT2D eigenvalue weighted by atomic mass is 35.5. The van der Waals surface area contributed by atoms with Crippen molar-refractivity contribution in [2.45, 2.75) is 23.6 Å². The summed E-state index contributed by atoms with van der Waals surface area (Å²) in [5.41, 5.74) is 2.18. The molecule has 0 amide bonds. The van der Waals surface area contributed by atoms with Gasteiger partial charge in [0, 0.05) is 16.5 Å². The molecule has 0 bridgehead atoms. The first kappa shape index (κ1) is 20.6. The second-order valence-corrected chi connectivity index (χ2v) is 8.25. The van der Waals surface area contributed by atoms with Gasteiger partial charge in [0.05, 0.1) is 30.5 Å². The summed E-state index contributed by atoms with van der Waals surface area (Å²) in [6.07, 6.45) is 0.872. The number of hydrogen-bond acceptors (Lipinski definition) is 4. The van der Waals surface area contributed by atoms with Crippen molar-refractivity contribution in [2.75, 3.05) is 13.7 Å². The van der Waals surface area contributed by atoms with Crippen molar-refractivity contribution in [3.05, 3.63) is 83.6 Å². The number of rotatable bonds is 9. The van der Waals surface area contributed by atoms with E-state index in [1.165, 1.54) is 4.90 Å². The van der Waals surface area contributed by atoms with Crippen LogP contribution in [-0.2, 0) is 12.3 Å². The van der Waals surface area contributed by atoms with Gasteiger partial charge in [-0.2, -0.15) is 0 Å². The molecule has 0 aliphatic rings. The first-order chi connectivity index (χ1) is 14.7. The van der Waals surface area contributed by atoms with Gasteiger partial charge >= 0.3 is 0 Å². The number of nitrogens with zero attached hydrogens (tertiary/aromatic N) is 2. The number of aromatic nitrogens is 2. The largest absolute Gasteiger partial charge is 0.493 e. The molecule has 4 aromatic rings. The topological polar surface area (TPSA) is 36.3 Å². The minimum atomic E-state index is 0.608. The van der Waals surface area contributed by atoms with E-state index in [0.29, 0.717) is 6.61 Å². The summed E-state index contributed by atoms with van der Waals surface area (Å²) >= 11 is 7.76. The zero-order chi connectivity index (χ0) is 20.8. The lowest BCUT2D eigenvalue weighted by molar-refractivity contribution is 0.283. The van der Waals surface area contributed by atoms with Crippen LogP contribution in [0.4, 0.5) is 0 Å². The van der Waals surface area contributed by atoms with Crippen LogP contribution in [0.5, 0.6) is 11.5 Å². The molecule has 30 heavy (non-hydrogen) atoms. The maximum absolute atomic E-state index is 6.00. The second-order valence-electron chi connectivity index (χ2n) is 6.76. The van der Waals surface area contributed by atoms with E-state index in [1.807, 2.05) is 54.6 Å². The van der Waals surface area contributed by atoms with Crippen molar-refractivity contribution >= 4 is 34.4 Å². The normalized spacial score (nSPS) is 11.0. The molecular weight excluding hydrogens is 416 g/mol. The Kier molecular flexibility index (Phi) is 6.82. The third kappa shape index (κ3) is 4.91. The van der Waals surface area contributed by atoms with E-state index in [9.17, 15) is 0 Å². The lowest BCUT2D eigenvalue weighted by atomic mass is 10.3. The van der Waals surface area contributed by atoms with E-state index in [4.69, 9.17) is 26.1 Å². The van der Waals surface area contributed by atoms with Gasteiger partial charge in [0.1, 0.15) is 5.82 Å². The molecule has 1 aromatic heterocycles. The zero-order valence-electron chi connectivity index (χ0n) is 16.8. The molecule has 4 nitrogen and oxygen atoms in total. The third-order valence-corrected chi connectivity index (χ3v) is 6.03.